The Morgan fingerprint density at radius 3 is 2.26 bits per heavy atom. The van der Waals surface area contributed by atoms with Crippen LogP contribution in [0.4, 0.5) is 0 Å². The SMILES string of the molecule is CC(C)OC(=O)c1ccc(Cn2cnc3scc(-c4ccc(-c5ccccc5)cc4)c3c2=O)cc1. The number of hydrogen-bond donors (Lipinski definition) is 0. The normalized spacial score (nSPS) is 11.2. The molecule has 2 aromatic heterocycles. The fraction of sp³-hybridized carbons (Fsp3) is 0.138. The predicted octanol–water partition coefficient (Wildman–Crippen LogP) is 6.41. The summed E-state index contributed by atoms with van der Waals surface area (Å²) in [4.78, 5) is 30.8. The second-order valence-electron chi connectivity index (χ2n) is 8.60. The zero-order valence-corrected chi connectivity index (χ0v) is 20.3. The maximum Gasteiger partial charge on any atom is 0.338 e. The highest BCUT2D eigenvalue weighted by molar-refractivity contribution is 7.17. The molecule has 2 heterocycles. The van der Waals surface area contributed by atoms with Crippen LogP contribution in [-0.4, -0.2) is 21.6 Å². The molecule has 0 fully saturated rings. The highest BCUT2D eigenvalue weighted by Gasteiger charge is 2.14. The van der Waals surface area contributed by atoms with E-state index < -0.39 is 0 Å². The van der Waals surface area contributed by atoms with Crippen molar-refractivity contribution in [3.63, 3.8) is 0 Å². The molecule has 0 atom stereocenters. The number of carbonyl (C=O) groups excluding carboxylic acids is 1. The number of fused-ring (bicyclic) bond motifs is 1. The lowest BCUT2D eigenvalue weighted by atomic mass is 10.0. The third-order valence-electron chi connectivity index (χ3n) is 5.75. The first-order valence-corrected chi connectivity index (χ1v) is 12.3. The van der Waals surface area contributed by atoms with Crippen molar-refractivity contribution < 1.29 is 9.53 Å². The predicted molar refractivity (Wildman–Crippen MR) is 141 cm³/mol. The van der Waals surface area contributed by atoms with Gasteiger partial charge in [-0.2, -0.15) is 0 Å². The molecular formula is C29H24N2O3S. The van der Waals surface area contributed by atoms with Crippen LogP contribution in [0.1, 0.15) is 29.8 Å². The molecule has 0 aliphatic rings. The summed E-state index contributed by atoms with van der Waals surface area (Å²) in [6.45, 7) is 4.00. The molecule has 0 aliphatic heterocycles. The van der Waals surface area contributed by atoms with E-state index in [0.29, 0.717) is 17.5 Å². The lowest BCUT2D eigenvalue weighted by Gasteiger charge is -2.09. The lowest BCUT2D eigenvalue weighted by molar-refractivity contribution is 0.0378. The summed E-state index contributed by atoms with van der Waals surface area (Å²) in [5.74, 6) is -0.354. The van der Waals surface area contributed by atoms with Crippen LogP contribution in [0, 0.1) is 0 Å². The molecule has 0 bridgehead atoms. The van der Waals surface area contributed by atoms with Crippen molar-refractivity contribution in [2.24, 2.45) is 0 Å². The Hall–Kier alpha value is -4.03. The highest BCUT2D eigenvalue weighted by atomic mass is 32.1. The molecule has 3 aromatic carbocycles. The average Bonchev–Trinajstić information content (AvgIpc) is 3.31. The minimum atomic E-state index is -0.354. The molecule has 5 rings (SSSR count). The molecule has 0 spiro atoms. The number of hydrogen-bond acceptors (Lipinski definition) is 5. The Balaban J connectivity index is 1.43. The quantitative estimate of drug-likeness (QED) is 0.264. The molecule has 0 saturated carbocycles. The first-order valence-electron chi connectivity index (χ1n) is 11.4. The van der Waals surface area contributed by atoms with Crippen molar-refractivity contribution in [2.75, 3.05) is 0 Å². The van der Waals surface area contributed by atoms with Crippen molar-refractivity contribution in [3.8, 4) is 22.3 Å². The molecule has 0 N–H and O–H groups in total. The molecule has 0 saturated heterocycles. The third-order valence-corrected chi connectivity index (χ3v) is 6.64. The van der Waals surface area contributed by atoms with Gasteiger partial charge in [0.05, 0.1) is 29.9 Å². The van der Waals surface area contributed by atoms with Crippen LogP contribution >= 0.6 is 11.3 Å². The maximum absolute atomic E-state index is 13.4. The van der Waals surface area contributed by atoms with Gasteiger partial charge in [0.15, 0.2) is 0 Å². The lowest BCUT2D eigenvalue weighted by Crippen LogP contribution is -2.21. The Morgan fingerprint density at radius 1 is 0.914 bits per heavy atom. The number of aromatic nitrogens is 2. The van der Waals surface area contributed by atoms with Gasteiger partial charge in [0.1, 0.15) is 4.83 Å². The van der Waals surface area contributed by atoms with Gasteiger partial charge in [0.25, 0.3) is 5.56 Å². The number of rotatable bonds is 6. The number of benzene rings is 3. The van der Waals surface area contributed by atoms with Gasteiger partial charge in [-0.05, 0) is 48.2 Å². The van der Waals surface area contributed by atoms with E-state index in [9.17, 15) is 9.59 Å². The van der Waals surface area contributed by atoms with Gasteiger partial charge in [-0.3, -0.25) is 9.36 Å². The van der Waals surface area contributed by atoms with Crippen LogP contribution in [0.15, 0.2) is 95.4 Å². The summed E-state index contributed by atoms with van der Waals surface area (Å²) >= 11 is 1.47. The van der Waals surface area contributed by atoms with Gasteiger partial charge in [-0.15, -0.1) is 11.3 Å². The summed E-state index contributed by atoms with van der Waals surface area (Å²) in [5, 5.41) is 2.62. The van der Waals surface area contributed by atoms with Gasteiger partial charge >= 0.3 is 5.97 Å². The molecule has 174 valence electrons. The smallest absolute Gasteiger partial charge is 0.338 e. The molecular weight excluding hydrogens is 456 g/mol. The molecule has 5 nitrogen and oxygen atoms in total. The zero-order chi connectivity index (χ0) is 24.4. The van der Waals surface area contributed by atoms with Gasteiger partial charge in [0, 0.05) is 10.9 Å². The molecule has 6 heteroatoms. The highest BCUT2D eigenvalue weighted by Crippen LogP contribution is 2.32. The number of thiophene rings is 1. The summed E-state index contributed by atoms with van der Waals surface area (Å²) in [5.41, 5.74) is 5.47. The van der Waals surface area contributed by atoms with Gasteiger partial charge in [0.2, 0.25) is 0 Å². The Bertz CT molecular complexity index is 1530. The molecule has 35 heavy (non-hydrogen) atoms. The first-order chi connectivity index (χ1) is 17.0. The van der Waals surface area contributed by atoms with Crippen LogP contribution in [0.5, 0.6) is 0 Å². The number of esters is 1. The van der Waals surface area contributed by atoms with E-state index in [1.54, 1.807) is 23.0 Å². The van der Waals surface area contributed by atoms with Crippen LogP contribution in [-0.2, 0) is 11.3 Å². The van der Waals surface area contributed by atoms with Crippen molar-refractivity contribution >= 4 is 27.5 Å². The largest absolute Gasteiger partial charge is 0.459 e. The van der Waals surface area contributed by atoms with Gasteiger partial charge in [-0.1, -0.05) is 66.7 Å². The molecule has 0 radical (unpaired) electrons. The van der Waals surface area contributed by atoms with Crippen LogP contribution in [0.25, 0.3) is 32.5 Å². The summed E-state index contributed by atoms with van der Waals surface area (Å²) in [6.07, 6.45) is 1.41. The average molecular weight is 481 g/mol. The Labute approximate surface area is 207 Å². The zero-order valence-electron chi connectivity index (χ0n) is 19.5. The molecule has 0 amide bonds. The van der Waals surface area contributed by atoms with E-state index in [0.717, 1.165) is 32.6 Å². The Morgan fingerprint density at radius 2 is 1.57 bits per heavy atom. The van der Waals surface area contributed by atoms with E-state index in [2.05, 4.69) is 41.4 Å². The Kier molecular flexibility index (Phi) is 6.29. The third kappa shape index (κ3) is 4.79. The van der Waals surface area contributed by atoms with Crippen LogP contribution < -0.4 is 5.56 Å². The van der Waals surface area contributed by atoms with Crippen molar-refractivity contribution in [2.45, 2.75) is 26.5 Å². The van der Waals surface area contributed by atoms with Crippen molar-refractivity contribution in [1.29, 1.82) is 0 Å². The van der Waals surface area contributed by atoms with Crippen LogP contribution in [0.2, 0.25) is 0 Å². The topological polar surface area (TPSA) is 61.2 Å². The van der Waals surface area contributed by atoms with Crippen molar-refractivity contribution in [3.05, 3.63) is 112 Å². The monoisotopic (exact) mass is 480 g/mol. The maximum atomic E-state index is 13.4. The van der Waals surface area contributed by atoms with E-state index in [1.165, 1.54) is 11.3 Å². The van der Waals surface area contributed by atoms with E-state index in [4.69, 9.17) is 4.74 Å². The van der Waals surface area contributed by atoms with Gasteiger partial charge in [-0.25, -0.2) is 9.78 Å². The molecule has 0 unspecified atom stereocenters. The summed E-state index contributed by atoms with van der Waals surface area (Å²) in [7, 11) is 0. The van der Waals surface area contributed by atoms with Crippen molar-refractivity contribution in [1.82, 2.24) is 9.55 Å². The second-order valence-corrected chi connectivity index (χ2v) is 9.46. The fourth-order valence-electron chi connectivity index (χ4n) is 3.99. The van der Waals surface area contributed by atoms with Gasteiger partial charge < -0.3 is 4.74 Å². The number of ether oxygens (including phenoxy) is 1. The van der Waals surface area contributed by atoms with E-state index in [1.807, 2.05) is 49.6 Å². The van der Waals surface area contributed by atoms with E-state index >= 15 is 0 Å². The fourth-order valence-corrected chi connectivity index (χ4v) is 4.90. The van der Waals surface area contributed by atoms with Crippen LogP contribution in [0.3, 0.4) is 0 Å². The minimum absolute atomic E-state index is 0.0818. The number of nitrogens with zero attached hydrogens (tertiary/aromatic N) is 2. The minimum Gasteiger partial charge on any atom is -0.459 e. The standard InChI is InChI=1S/C29H24N2O3S/c1-19(2)34-29(33)24-10-8-20(9-11-24)16-31-18-30-27-26(28(31)32)25(17-35-27)23-14-12-22(13-15-23)21-6-4-3-5-7-21/h3-15,17-19H,16H2,1-2H3. The van der Waals surface area contributed by atoms with E-state index in [-0.39, 0.29) is 17.6 Å². The molecule has 5 aromatic rings. The molecule has 0 aliphatic carbocycles. The first kappa shape index (κ1) is 22.7. The summed E-state index contributed by atoms with van der Waals surface area (Å²) in [6, 6.07) is 25.6. The summed E-state index contributed by atoms with van der Waals surface area (Å²) < 4.78 is 6.85. The second kappa shape index (κ2) is 9.68. The number of carbonyl (C=O) groups is 1.